The van der Waals surface area contributed by atoms with Gasteiger partial charge >= 0.3 is 0 Å². The second-order valence-electron chi connectivity index (χ2n) is 4.83. The molecule has 1 heterocycles. The van der Waals surface area contributed by atoms with Gasteiger partial charge in [-0.3, -0.25) is 4.99 Å². The van der Waals surface area contributed by atoms with Crippen LogP contribution in [0.5, 0.6) is 0 Å². The van der Waals surface area contributed by atoms with Crippen LogP contribution in [0.4, 0.5) is 0 Å². The molecule has 0 aromatic carbocycles. The summed E-state index contributed by atoms with van der Waals surface area (Å²) in [5.74, 6) is 0.965. The van der Waals surface area contributed by atoms with Gasteiger partial charge in [0.2, 0.25) is 0 Å². The molecule has 0 aromatic heterocycles. The lowest BCUT2D eigenvalue weighted by atomic mass is 9.90. The lowest BCUT2D eigenvalue weighted by Crippen LogP contribution is -2.45. The lowest BCUT2D eigenvalue weighted by Gasteiger charge is -2.29. The summed E-state index contributed by atoms with van der Waals surface area (Å²) in [6.45, 7) is 6.94. The summed E-state index contributed by atoms with van der Waals surface area (Å²) in [7, 11) is 2.04. The first-order valence-corrected chi connectivity index (χ1v) is 5.41. The van der Waals surface area contributed by atoms with Crippen LogP contribution in [-0.4, -0.2) is 37.5 Å². The molecular weight excluding hydrogens is 188 g/mol. The van der Waals surface area contributed by atoms with E-state index in [2.05, 4.69) is 35.1 Å². The standard InChI is InChI=1S/C11H20N4/c1-11(2,5-6-12)9-14-10-13-7-4-8-15(10)3/h4-5,7-9H2,1-3H3,(H,13,14). The van der Waals surface area contributed by atoms with Crippen molar-refractivity contribution in [1.82, 2.24) is 10.2 Å². The minimum Gasteiger partial charge on any atom is -0.356 e. The van der Waals surface area contributed by atoms with Crippen LogP contribution in [0.15, 0.2) is 4.99 Å². The van der Waals surface area contributed by atoms with E-state index in [1.54, 1.807) is 0 Å². The van der Waals surface area contributed by atoms with Crippen molar-refractivity contribution in [2.75, 3.05) is 26.7 Å². The topological polar surface area (TPSA) is 51.4 Å². The van der Waals surface area contributed by atoms with Crippen molar-refractivity contribution in [3.63, 3.8) is 0 Å². The Hall–Kier alpha value is -1.24. The highest BCUT2D eigenvalue weighted by atomic mass is 15.3. The maximum atomic E-state index is 8.67. The number of aliphatic imine (C=N–C) groups is 1. The van der Waals surface area contributed by atoms with Crippen molar-refractivity contribution in [3.8, 4) is 6.07 Å². The molecule has 0 radical (unpaired) electrons. The minimum absolute atomic E-state index is 0.00948. The van der Waals surface area contributed by atoms with Crippen LogP contribution in [0.3, 0.4) is 0 Å². The fourth-order valence-electron chi connectivity index (χ4n) is 1.51. The number of guanidine groups is 1. The molecule has 4 heteroatoms. The van der Waals surface area contributed by atoms with E-state index < -0.39 is 0 Å². The van der Waals surface area contributed by atoms with Gasteiger partial charge in [-0.15, -0.1) is 0 Å². The van der Waals surface area contributed by atoms with Crippen molar-refractivity contribution in [1.29, 1.82) is 5.26 Å². The van der Waals surface area contributed by atoms with Crippen molar-refractivity contribution in [2.24, 2.45) is 10.4 Å². The van der Waals surface area contributed by atoms with Crippen LogP contribution in [-0.2, 0) is 0 Å². The molecule has 84 valence electrons. The van der Waals surface area contributed by atoms with Gasteiger partial charge in [-0.05, 0) is 11.8 Å². The largest absolute Gasteiger partial charge is 0.356 e. The third-order valence-corrected chi connectivity index (χ3v) is 2.56. The van der Waals surface area contributed by atoms with Crippen LogP contribution in [0.25, 0.3) is 0 Å². The molecule has 1 aliphatic rings. The summed E-state index contributed by atoms with van der Waals surface area (Å²) in [5, 5.41) is 12.0. The van der Waals surface area contributed by atoms with Crippen molar-refractivity contribution >= 4 is 5.96 Å². The normalized spacial score (nSPS) is 16.9. The Kier molecular flexibility index (Phi) is 3.96. The summed E-state index contributed by atoms with van der Waals surface area (Å²) in [6, 6.07) is 2.21. The zero-order valence-corrected chi connectivity index (χ0v) is 9.88. The highest BCUT2D eigenvalue weighted by Crippen LogP contribution is 2.17. The second kappa shape index (κ2) is 5.01. The number of rotatable bonds is 3. The predicted molar refractivity (Wildman–Crippen MR) is 61.6 cm³/mol. The molecule has 4 nitrogen and oxygen atoms in total. The van der Waals surface area contributed by atoms with Crippen molar-refractivity contribution in [3.05, 3.63) is 0 Å². The highest BCUT2D eigenvalue weighted by Gasteiger charge is 2.19. The first kappa shape index (κ1) is 11.8. The number of nitrogens with zero attached hydrogens (tertiary/aromatic N) is 3. The average molecular weight is 208 g/mol. The van der Waals surface area contributed by atoms with Crippen LogP contribution in [0.2, 0.25) is 0 Å². The van der Waals surface area contributed by atoms with E-state index in [4.69, 9.17) is 5.26 Å². The molecule has 0 aliphatic carbocycles. The van der Waals surface area contributed by atoms with Gasteiger partial charge in [0.1, 0.15) is 0 Å². The van der Waals surface area contributed by atoms with Gasteiger partial charge in [0.15, 0.2) is 5.96 Å². The van der Waals surface area contributed by atoms with Gasteiger partial charge in [0.25, 0.3) is 0 Å². The average Bonchev–Trinajstić information content (AvgIpc) is 2.16. The summed E-state index contributed by atoms with van der Waals surface area (Å²) in [6.07, 6.45) is 1.69. The molecule has 0 saturated carbocycles. The molecule has 0 amide bonds. The maximum Gasteiger partial charge on any atom is 0.193 e. The fourth-order valence-corrected chi connectivity index (χ4v) is 1.51. The van der Waals surface area contributed by atoms with Gasteiger partial charge in [0.05, 0.1) is 6.07 Å². The zero-order chi connectivity index (χ0) is 11.3. The molecule has 1 aliphatic heterocycles. The van der Waals surface area contributed by atoms with Crippen molar-refractivity contribution in [2.45, 2.75) is 26.7 Å². The van der Waals surface area contributed by atoms with E-state index in [0.29, 0.717) is 6.42 Å². The molecule has 0 fully saturated rings. The Labute approximate surface area is 92.0 Å². The molecule has 0 saturated heterocycles. The summed E-state index contributed by atoms with van der Waals surface area (Å²) >= 11 is 0. The quantitative estimate of drug-likeness (QED) is 0.758. The number of hydrogen-bond donors (Lipinski definition) is 1. The van der Waals surface area contributed by atoms with E-state index in [0.717, 1.165) is 32.0 Å². The first-order valence-electron chi connectivity index (χ1n) is 5.41. The highest BCUT2D eigenvalue weighted by molar-refractivity contribution is 5.80. The Morgan fingerprint density at radius 2 is 2.33 bits per heavy atom. The molecule has 1 N–H and O–H groups in total. The van der Waals surface area contributed by atoms with Gasteiger partial charge in [0, 0.05) is 33.1 Å². The number of nitrogens with one attached hydrogen (secondary N) is 1. The van der Waals surface area contributed by atoms with E-state index in [1.807, 2.05) is 7.05 Å². The van der Waals surface area contributed by atoms with Crippen LogP contribution in [0, 0.1) is 16.7 Å². The van der Waals surface area contributed by atoms with E-state index in [9.17, 15) is 0 Å². The van der Waals surface area contributed by atoms with Gasteiger partial charge in [-0.25, -0.2) is 0 Å². The molecular formula is C11H20N4. The Balaban J connectivity index is 2.42. The third-order valence-electron chi connectivity index (χ3n) is 2.56. The summed E-state index contributed by atoms with van der Waals surface area (Å²) in [5.41, 5.74) is 0.00948. The molecule has 0 aromatic rings. The predicted octanol–water partition coefficient (Wildman–Crippen LogP) is 1.21. The van der Waals surface area contributed by atoms with Crippen LogP contribution < -0.4 is 5.32 Å². The van der Waals surface area contributed by atoms with E-state index in [-0.39, 0.29) is 5.41 Å². The maximum absolute atomic E-state index is 8.67. The monoisotopic (exact) mass is 208 g/mol. The van der Waals surface area contributed by atoms with E-state index >= 15 is 0 Å². The first-order chi connectivity index (χ1) is 7.05. The Bertz CT molecular complexity index is 275. The molecule has 0 atom stereocenters. The fraction of sp³-hybridized carbons (Fsp3) is 0.818. The van der Waals surface area contributed by atoms with Crippen LogP contribution in [0.1, 0.15) is 26.7 Å². The molecule has 0 spiro atoms. The van der Waals surface area contributed by atoms with Gasteiger partial charge in [-0.2, -0.15) is 5.26 Å². The molecule has 0 unspecified atom stereocenters. The lowest BCUT2D eigenvalue weighted by molar-refractivity contribution is 0.356. The SMILES string of the molecule is CN1CCCN=C1NCC(C)(C)CC#N. The van der Waals surface area contributed by atoms with Gasteiger partial charge in [-0.1, -0.05) is 13.8 Å². The minimum atomic E-state index is 0.00948. The Morgan fingerprint density at radius 3 is 2.93 bits per heavy atom. The Morgan fingerprint density at radius 1 is 1.60 bits per heavy atom. The zero-order valence-electron chi connectivity index (χ0n) is 9.88. The second-order valence-corrected chi connectivity index (χ2v) is 4.83. The molecule has 0 bridgehead atoms. The van der Waals surface area contributed by atoms with Crippen molar-refractivity contribution < 1.29 is 0 Å². The molecule has 15 heavy (non-hydrogen) atoms. The number of nitriles is 1. The van der Waals surface area contributed by atoms with Crippen LogP contribution >= 0.6 is 0 Å². The smallest absolute Gasteiger partial charge is 0.193 e. The van der Waals surface area contributed by atoms with E-state index in [1.165, 1.54) is 0 Å². The molecule has 1 rings (SSSR count). The third kappa shape index (κ3) is 3.78. The summed E-state index contributed by atoms with van der Waals surface area (Å²) < 4.78 is 0. The number of hydrogen-bond acceptors (Lipinski definition) is 4. The van der Waals surface area contributed by atoms with Gasteiger partial charge < -0.3 is 10.2 Å². The summed E-state index contributed by atoms with van der Waals surface area (Å²) in [4.78, 5) is 6.55.